The second kappa shape index (κ2) is 5.42. The molecule has 0 aromatic carbocycles. The van der Waals surface area contributed by atoms with E-state index in [4.69, 9.17) is 0 Å². The van der Waals surface area contributed by atoms with Crippen molar-refractivity contribution in [3.63, 3.8) is 0 Å². The van der Waals surface area contributed by atoms with Gasteiger partial charge in [0.2, 0.25) is 0 Å². The molecule has 6 atom stereocenters. The molecule has 2 bridgehead atoms. The van der Waals surface area contributed by atoms with Crippen LogP contribution in [-0.4, -0.2) is 5.78 Å². The van der Waals surface area contributed by atoms with Crippen LogP contribution in [0.25, 0.3) is 0 Å². The van der Waals surface area contributed by atoms with Gasteiger partial charge in [-0.1, -0.05) is 51.7 Å². The minimum Gasteiger partial charge on any atom is -0.299 e. The maximum atomic E-state index is 12.8. The highest BCUT2D eigenvalue weighted by molar-refractivity contribution is 5.87. The molecule has 2 fully saturated rings. The Morgan fingerprint density at radius 2 is 1.74 bits per heavy atom. The summed E-state index contributed by atoms with van der Waals surface area (Å²) in [5, 5.41) is 0. The highest BCUT2D eigenvalue weighted by Crippen LogP contribution is 2.59. The molecular weight excluding hydrogens is 232 g/mol. The summed E-state index contributed by atoms with van der Waals surface area (Å²) >= 11 is 0. The molecule has 0 radical (unpaired) electrons. The fourth-order valence-electron chi connectivity index (χ4n) is 5.19. The van der Waals surface area contributed by atoms with Gasteiger partial charge in [0.1, 0.15) is 5.78 Å². The molecule has 0 amide bonds. The van der Waals surface area contributed by atoms with E-state index < -0.39 is 0 Å². The molecular formula is C18H28O. The van der Waals surface area contributed by atoms with Gasteiger partial charge in [0.15, 0.2) is 0 Å². The molecule has 3 aliphatic rings. The number of unbranched alkanes of at least 4 members (excludes halogenated alkanes) is 2. The molecule has 0 saturated heterocycles. The van der Waals surface area contributed by atoms with E-state index in [1.165, 1.54) is 38.5 Å². The summed E-state index contributed by atoms with van der Waals surface area (Å²) in [5.41, 5.74) is 0. The first kappa shape index (κ1) is 13.4. The van der Waals surface area contributed by atoms with Crippen molar-refractivity contribution in [3.8, 4) is 0 Å². The Labute approximate surface area is 117 Å². The Balaban J connectivity index is 1.79. The maximum Gasteiger partial charge on any atom is 0.140 e. The van der Waals surface area contributed by atoms with Crippen LogP contribution in [0, 0.1) is 35.5 Å². The SMILES string of the molecule is CCCCC1C(=O)C2C3C=CC(C3)C2C1CCCC. The van der Waals surface area contributed by atoms with E-state index in [0.717, 1.165) is 18.3 Å². The molecule has 6 unspecified atom stereocenters. The van der Waals surface area contributed by atoms with E-state index in [9.17, 15) is 4.79 Å². The summed E-state index contributed by atoms with van der Waals surface area (Å²) in [6.07, 6.45) is 13.6. The first-order valence-electron chi connectivity index (χ1n) is 8.50. The Bertz CT molecular complexity index is 370. The van der Waals surface area contributed by atoms with Crippen LogP contribution in [0.4, 0.5) is 0 Å². The average molecular weight is 260 g/mol. The highest BCUT2D eigenvalue weighted by Gasteiger charge is 2.58. The van der Waals surface area contributed by atoms with Gasteiger partial charge >= 0.3 is 0 Å². The van der Waals surface area contributed by atoms with Gasteiger partial charge in [-0.25, -0.2) is 0 Å². The van der Waals surface area contributed by atoms with Crippen LogP contribution in [0.1, 0.15) is 58.8 Å². The molecule has 3 rings (SSSR count). The Morgan fingerprint density at radius 3 is 2.47 bits per heavy atom. The van der Waals surface area contributed by atoms with E-state index in [-0.39, 0.29) is 0 Å². The molecule has 1 heteroatoms. The molecule has 1 nitrogen and oxygen atoms in total. The predicted molar refractivity (Wildman–Crippen MR) is 78.8 cm³/mol. The lowest BCUT2D eigenvalue weighted by Gasteiger charge is -2.27. The smallest absolute Gasteiger partial charge is 0.140 e. The van der Waals surface area contributed by atoms with Crippen LogP contribution in [0.15, 0.2) is 12.2 Å². The zero-order chi connectivity index (χ0) is 13.4. The minimum absolute atomic E-state index is 0.409. The number of fused-ring (bicyclic) bond motifs is 5. The largest absolute Gasteiger partial charge is 0.299 e. The summed E-state index contributed by atoms with van der Waals surface area (Å²) in [6, 6.07) is 0. The van der Waals surface area contributed by atoms with Gasteiger partial charge in [0.05, 0.1) is 0 Å². The molecule has 0 N–H and O–H groups in total. The molecule has 0 spiro atoms. The molecule has 106 valence electrons. The summed E-state index contributed by atoms with van der Waals surface area (Å²) < 4.78 is 0. The van der Waals surface area contributed by atoms with Crippen molar-refractivity contribution >= 4 is 5.78 Å². The number of hydrogen-bond donors (Lipinski definition) is 0. The Kier molecular flexibility index (Phi) is 3.82. The van der Waals surface area contributed by atoms with Crippen LogP contribution in [0.5, 0.6) is 0 Å². The molecule has 0 aromatic heterocycles. The van der Waals surface area contributed by atoms with Crippen LogP contribution >= 0.6 is 0 Å². The van der Waals surface area contributed by atoms with Gasteiger partial charge in [-0.2, -0.15) is 0 Å². The van der Waals surface area contributed by atoms with Gasteiger partial charge in [-0.05, 0) is 42.9 Å². The van der Waals surface area contributed by atoms with Crippen molar-refractivity contribution < 1.29 is 4.79 Å². The third kappa shape index (κ3) is 2.10. The summed E-state index contributed by atoms with van der Waals surface area (Å²) in [7, 11) is 0. The van der Waals surface area contributed by atoms with Crippen LogP contribution in [-0.2, 0) is 4.79 Å². The van der Waals surface area contributed by atoms with E-state index in [0.29, 0.717) is 29.5 Å². The third-order valence-electron chi connectivity index (χ3n) is 5.99. The normalized spacial score (nSPS) is 43.2. The van der Waals surface area contributed by atoms with Crippen molar-refractivity contribution in [2.75, 3.05) is 0 Å². The summed E-state index contributed by atoms with van der Waals surface area (Å²) in [4.78, 5) is 12.8. The maximum absolute atomic E-state index is 12.8. The number of Topliss-reactive ketones (excluding diaryl/α,β-unsaturated/α-hetero) is 1. The topological polar surface area (TPSA) is 17.1 Å². The molecule has 2 saturated carbocycles. The molecule has 0 aliphatic heterocycles. The van der Waals surface area contributed by atoms with Crippen LogP contribution in [0.2, 0.25) is 0 Å². The van der Waals surface area contributed by atoms with E-state index in [2.05, 4.69) is 26.0 Å². The van der Waals surface area contributed by atoms with Crippen molar-refractivity contribution in [3.05, 3.63) is 12.2 Å². The number of rotatable bonds is 6. The molecule has 0 aromatic rings. The molecule has 19 heavy (non-hydrogen) atoms. The number of ketones is 1. The molecule has 3 aliphatic carbocycles. The van der Waals surface area contributed by atoms with E-state index in [1.54, 1.807) is 0 Å². The monoisotopic (exact) mass is 260 g/mol. The minimum atomic E-state index is 0.409. The fraction of sp³-hybridized carbons (Fsp3) is 0.833. The van der Waals surface area contributed by atoms with Crippen molar-refractivity contribution in [1.29, 1.82) is 0 Å². The summed E-state index contributed by atoms with van der Waals surface area (Å²) in [6.45, 7) is 4.52. The zero-order valence-corrected chi connectivity index (χ0v) is 12.5. The average Bonchev–Trinajstić information content (AvgIpc) is 3.07. The van der Waals surface area contributed by atoms with Crippen molar-refractivity contribution in [2.24, 2.45) is 35.5 Å². The number of hydrogen-bond acceptors (Lipinski definition) is 1. The number of allylic oxidation sites excluding steroid dienone is 2. The van der Waals surface area contributed by atoms with E-state index >= 15 is 0 Å². The zero-order valence-electron chi connectivity index (χ0n) is 12.5. The molecule has 0 heterocycles. The van der Waals surface area contributed by atoms with Crippen molar-refractivity contribution in [1.82, 2.24) is 0 Å². The van der Waals surface area contributed by atoms with Gasteiger partial charge < -0.3 is 0 Å². The first-order valence-corrected chi connectivity index (χ1v) is 8.50. The van der Waals surface area contributed by atoms with Crippen LogP contribution in [0.3, 0.4) is 0 Å². The standard InChI is InChI=1S/C18H28O/c1-3-5-7-14-15(8-6-4-2)18(19)17-13-10-9-12(11-13)16(14)17/h9-10,12-17H,3-8,11H2,1-2H3. The summed E-state index contributed by atoms with van der Waals surface area (Å²) in [5.74, 6) is 4.26. The van der Waals surface area contributed by atoms with Gasteiger partial charge in [0.25, 0.3) is 0 Å². The number of carbonyl (C=O) groups excluding carboxylic acids is 1. The first-order chi connectivity index (χ1) is 9.27. The van der Waals surface area contributed by atoms with Crippen molar-refractivity contribution in [2.45, 2.75) is 58.8 Å². The van der Waals surface area contributed by atoms with E-state index in [1.807, 2.05) is 0 Å². The number of carbonyl (C=O) groups is 1. The second-order valence-electron chi connectivity index (χ2n) is 7.01. The quantitative estimate of drug-likeness (QED) is 0.637. The lowest BCUT2D eigenvalue weighted by atomic mass is 9.77. The Hall–Kier alpha value is -0.590. The predicted octanol–water partition coefficient (Wildman–Crippen LogP) is 4.62. The van der Waals surface area contributed by atoms with Gasteiger partial charge in [-0.3, -0.25) is 4.79 Å². The second-order valence-corrected chi connectivity index (χ2v) is 7.01. The Morgan fingerprint density at radius 1 is 1.05 bits per heavy atom. The van der Waals surface area contributed by atoms with Crippen LogP contribution < -0.4 is 0 Å². The van der Waals surface area contributed by atoms with Gasteiger partial charge in [-0.15, -0.1) is 0 Å². The lowest BCUT2D eigenvalue weighted by Crippen LogP contribution is -2.21. The fourth-order valence-corrected chi connectivity index (χ4v) is 5.19. The lowest BCUT2D eigenvalue weighted by molar-refractivity contribution is -0.125. The third-order valence-corrected chi connectivity index (χ3v) is 5.99. The van der Waals surface area contributed by atoms with Gasteiger partial charge in [0, 0.05) is 11.8 Å². The highest BCUT2D eigenvalue weighted by atomic mass is 16.1.